The molecule has 2 aliphatic rings. The smallest absolute Gasteiger partial charge is 0.408 e. The van der Waals surface area contributed by atoms with Gasteiger partial charge in [0.25, 0.3) is 0 Å². The Morgan fingerprint density at radius 2 is 1.84 bits per heavy atom. The van der Waals surface area contributed by atoms with Gasteiger partial charge in [0.1, 0.15) is 5.75 Å². The first-order chi connectivity index (χ1) is 14.7. The highest BCUT2D eigenvalue weighted by Crippen LogP contribution is 2.38. The highest BCUT2D eigenvalue weighted by molar-refractivity contribution is 5.75. The number of rotatable bonds is 5. The zero-order valence-corrected chi connectivity index (χ0v) is 17.9. The third-order valence-corrected chi connectivity index (χ3v) is 6.82. The van der Waals surface area contributed by atoms with E-state index in [1.165, 1.54) is 16.7 Å². The van der Waals surface area contributed by atoms with Crippen LogP contribution < -0.4 is 10.5 Å². The minimum atomic E-state index is -4.79. The van der Waals surface area contributed by atoms with Gasteiger partial charge in [0.05, 0.1) is 11.6 Å². The standard InChI is InChI=1S/C22H29F3N2O4/c1-3-29-16-6-10-21(2,11-7-16)26-12-8-15(9-13-26)27-18-14-17(31-22(23,24)25)4-5-19(18)30-20(27)28/h4-5,14-16H,3,6-13H2,1-2H3. The molecule has 9 heteroatoms. The normalized spacial score (nSPS) is 26.4. The Hall–Kier alpha value is -2.00. The molecule has 0 spiro atoms. The Morgan fingerprint density at radius 1 is 1.16 bits per heavy atom. The number of oxazole rings is 1. The molecule has 1 aromatic carbocycles. The van der Waals surface area contributed by atoms with Gasteiger partial charge in [0, 0.05) is 37.3 Å². The van der Waals surface area contributed by atoms with Crippen LogP contribution in [-0.2, 0) is 4.74 Å². The molecule has 0 amide bonds. The number of halogens is 3. The number of piperidine rings is 1. The van der Waals surface area contributed by atoms with E-state index in [9.17, 15) is 18.0 Å². The van der Waals surface area contributed by atoms with Crippen LogP contribution in [0.3, 0.4) is 0 Å². The molecule has 2 heterocycles. The molecule has 2 aromatic rings. The quantitative estimate of drug-likeness (QED) is 0.662. The minimum absolute atomic E-state index is 0.116. The molecule has 6 nitrogen and oxygen atoms in total. The van der Waals surface area contributed by atoms with Crippen molar-refractivity contribution in [2.75, 3.05) is 19.7 Å². The topological polar surface area (TPSA) is 56.8 Å². The molecule has 172 valence electrons. The molecule has 1 aliphatic carbocycles. The summed E-state index contributed by atoms with van der Waals surface area (Å²) in [7, 11) is 0. The molecular weight excluding hydrogens is 413 g/mol. The Kier molecular flexibility index (Phi) is 6.09. The maximum atomic E-state index is 12.6. The number of fused-ring (bicyclic) bond motifs is 1. The highest BCUT2D eigenvalue weighted by atomic mass is 19.4. The molecule has 0 atom stereocenters. The number of nitrogens with zero attached hydrogens (tertiary/aromatic N) is 2. The summed E-state index contributed by atoms with van der Waals surface area (Å²) in [6, 6.07) is 3.62. The van der Waals surface area contributed by atoms with E-state index in [1.54, 1.807) is 0 Å². The third-order valence-electron chi connectivity index (χ3n) is 6.82. The molecular formula is C22H29F3N2O4. The number of hydrogen-bond donors (Lipinski definition) is 0. The average Bonchev–Trinajstić information content (AvgIpc) is 3.04. The van der Waals surface area contributed by atoms with Gasteiger partial charge in [-0.25, -0.2) is 4.79 Å². The van der Waals surface area contributed by atoms with Crippen molar-refractivity contribution < 1.29 is 27.1 Å². The minimum Gasteiger partial charge on any atom is -0.408 e. The van der Waals surface area contributed by atoms with E-state index in [0.717, 1.165) is 64.3 Å². The predicted octanol–water partition coefficient (Wildman–Crippen LogP) is 4.87. The van der Waals surface area contributed by atoms with Gasteiger partial charge in [-0.3, -0.25) is 9.47 Å². The lowest BCUT2D eigenvalue weighted by Crippen LogP contribution is -2.52. The molecule has 0 radical (unpaired) electrons. The van der Waals surface area contributed by atoms with Crippen molar-refractivity contribution in [3.05, 3.63) is 28.7 Å². The van der Waals surface area contributed by atoms with Gasteiger partial charge in [-0.1, -0.05) is 0 Å². The van der Waals surface area contributed by atoms with Crippen LogP contribution in [0, 0.1) is 0 Å². The number of likely N-dealkylation sites (tertiary alicyclic amines) is 1. The summed E-state index contributed by atoms with van der Waals surface area (Å²) in [6.07, 6.45) is 1.30. The lowest BCUT2D eigenvalue weighted by atomic mass is 9.79. The van der Waals surface area contributed by atoms with Gasteiger partial charge in [0.15, 0.2) is 5.58 Å². The van der Waals surface area contributed by atoms with Gasteiger partial charge in [-0.05, 0) is 64.5 Å². The van der Waals surface area contributed by atoms with Crippen LogP contribution >= 0.6 is 0 Å². The van der Waals surface area contributed by atoms with Gasteiger partial charge in [-0.2, -0.15) is 0 Å². The fourth-order valence-corrected chi connectivity index (χ4v) is 5.15. The van der Waals surface area contributed by atoms with Crippen LogP contribution in [0.15, 0.2) is 27.4 Å². The number of benzene rings is 1. The summed E-state index contributed by atoms with van der Waals surface area (Å²) in [5, 5.41) is 0. The van der Waals surface area contributed by atoms with Crippen molar-refractivity contribution in [3.63, 3.8) is 0 Å². The fraction of sp³-hybridized carbons (Fsp3) is 0.682. The van der Waals surface area contributed by atoms with E-state index in [4.69, 9.17) is 9.15 Å². The molecule has 4 rings (SSSR count). The summed E-state index contributed by atoms with van der Waals surface area (Å²) >= 11 is 0. The molecule has 1 aromatic heterocycles. The number of alkyl halides is 3. The molecule has 2 fully saturated rings. The summed E-state index contributed by atoms with van der Waals surface area (Å²) in [4.78, 5) is 15.0. The number of hydrogen-bond acceptors (Lipinski definition) is 5. The van der Waals surface area contributed by atoms with Crippen LogP contribution in [0.1, 0.15) is 58.4 Å². The second-order valence-electron chi connectivity index (χ2n) is 8.79. The molecule has 1 saturated carbocycles. The lowest BCUT2D eigenvalue weighted by Gasteiger charge is -2.48. The van der Waals surface area contributed by atoms with Gasteiger partial charge >= 0.3 is 12.1 Å². The summed E-state index contributed by atoms with van der Waals surface area (Å²) in [5.41, 5.74) is 0.729. The van der Waals surface area contributed by atoms with Crippen LogP contribution in [0.5, 0.6) is 5.75 Å². The fourth-order valence-electron chi connectivity index (χ4n) is 5.15. The van der Waals surface area contributed by atoms with Crippen molar-refractivity contribution in [1.82, 2.24) is 9.47 Å². The van der Waals surface area contributed by atoms with E-state index < -0.39 is 12.1 Å². The maximum Gasteiger partial charge on any atom is 0.573 e. The molecule has 31 heavy (non-hydrogen) atoms. The van der Waals surface area contributed by atoms with Crippen molar-refractivity contribution in [1.29, 1.82) is 0 Å². The van der Waals surface area contributed by atoms with Crippen molar-refractivity contribution in [2.45, 2.75) is 76.4 Å². The van der Waals surface area contributed by atoms with E-state index in [-0.39, 0.29) is 22.9 Å². The third kappa shape index (κ3) is 4.77. The largest absolute Gasteiger partial charge is 0.573 e. The highest BCUT2D eigenvalue weighted by Gasteiger charge is 2.39. The predicted molar refractivity (Wildman–Crippen MR) is 109 cm³/mol. The van der Waals surface area contributed by atoms with Crippen LogP contribution in [-0.4, -0.2) is 47.2 Å². The van der Waals surface area contributed by atoms with Crippen LogP contribution in [0.2, 0.25) is 0 Å². The lowest BCUT2D eigenvalue weighted by molar-refractivity contribution is -0.274. The Labute approximate surface area is 178 Å². The average molecular weight is 442 g/mol. The van der Waals surface area contributed by atoms with Crippen molar-refractivity contribution in [2.24, 2.45) is 0 Å². The zero-order valence-electron chi connectivity index (χ0n) is 17.9. The van der Waals surface area contributed by atoms with E-state index >= 15 is 0 Å². The first-order valence-corrected chi connectivity index (χ1v) is 11.0. The number of ether oxygens (including phenoxy) is 2. The Bertz CT molecular complexity index is 952. The molecule has 0 N–H and O–H groups in total. The Morgan fingerprint density at radius 3 is 2.45 bits per heavy atom. The Balaban J connectivity index is 1.47. The summed E-state index contributed by atoms with van der Waals surface area (Å²) in [6.45, 7) is 6.74. The molecule has 0 unspecified atom stereocenters. The van der Waals surface area contributed by atoms with E-state index in [0.29, 0.717) is 11.6 Å². The second kappa shape index (κ2) is 8.50. The van der Waals surface area contributed by atoms with E-state index in [2.05, 4.69) is 16.6 Å². The van der Waals surface area contributed by atoms with Crippen molar-refractivity contribution >= 4 is 11.1 Å². The maximum absolute atomic E-state index is 12.6. The monoisotopic (exact) mass is 442 g/mol. The second-order valence-corrected chi connectivity index (χ2v) is 8.79. The SMILES string of the molecule is CCOC1CCC(C)(N2CCC(n3c(=O)oc4ccc(OC(F)(F)F)cc43)CC2)CC1. The summed E-state index contributed by atoms with van der Waals surface area (Å²) < 4.78 is 54.4. The van der Waals surface area contributed by atoms with Crippen LogP contribution in [0.4, 0.5) is 13.2 Å². The van der Waals surface area contributed by atoms with E-state index in [1.807, 2.05) is 6.92 Å². The molecule has 1 saturated heterocycles. The van der Waals surface area contributed by atoms with Crippen LogP contribution in [0.25, 0.3) is 11.1 Å². The van der Waals surface area contributed by atoms with Crippen molar-refractivity contribution in [3.8, 4) is 5.75 Å². The first-order valence-electron chi connectivity index (χ1n) is 11.0. The first kappa shape index (κ1) is 22.2. The van der Waals surface area contributed by atoms with Gasteiger partial charge in [-0.15, -0.1) is 13.2 Å². The zero-order chi connectivity index (χ0) is 22.2. The van der Waals surface area contributed by atoms with Gasteiger partial charge in [0.2, 0.25) is 0 Å². The molecule has 0 bridgehead atoms. The van der Waals surface area contributed by atoms with Gasteiger partial charge < -0.3 is 13.9 Å². The molecule has 1 aliphatic heterocycles. The summed E-state index contributed by atoms with van der Waals surface area (Å²) in [5.74, 6) is -0.897. The number of aromatic nitrogens is 1.